The Balaban J connectivity index is 1.41. The third kappa shape index (κ3) is 6.41. The van der Waals surface area contributed by atoms with Gasteiger partial charge in [0.15, 0.2) is 0 Å². The molecule has 0 spiro atoms. The number of carbonyl (C=O) groups is 4. The molecule has 3 aromatic carbocycles. The van der Waals surface area contributed by atoms with E-state index in [0.29, 0.717) is 32.0 Å². The fourth-order valence-corrected chi connectivity index (χ4v) is 4.99. The van der Waals surface area contributed by atoms with E-state index in [4.69, 9.17) is 14.2 Å². The molecule has 10 nitrogen and oxygen atoms in total. The molecule has 0 aliphatic carbocycles. The van der Waals surface area contributed by atoms with Crippen LogP contribution < -0.4 is 9.80 Å². The second kappa shape index (κ2) is 12.8. The lowest BCUT2D eigenvalue weighted by Crippen LogP contribution is -2.46. The number of rotatable bonds is 9. The van der Waals surface area contributed by atoms with E-state index in [0.717, 1.165) is 15.4 Å². The number of benzene rings is 3. The number of nitrogens with zero attached hydrogens (tertiary/aromatic N) is 3. The van der Waals surface area contributed by atoms with Crippen LogP contribution in [0.3, 0.4) is 0 Å². The predicted molar refractivity (Wildman–Crippen MR) is 151 cm³/mol. The SMILES string of the molecule is CC(=O)O[C@H](CN1C(=O)c2ccccc2C1=O)CN(C(=O)OCc1ccccc1)c1ccc(N2CCOCC2)c(F)c1. The van der Waals surface area contributed by atoms with Gasteiger partial charge in [0.05, 0.1) is 48.8 Å². The number of ether oxygens (including phenoxy) is 3. The highest BCUT2D eigenvalue weighted by Gasteiger charge is 2.38. The van der Waals surface area contributed by atoms with Crippen LogP contribution in [0.25, 0.3) is 0 Å². The molecule has 1 fully saturated rings. The number of imide groups is 1. The Morgan fingerprint density at radius 1 is 0.952 bits per heavy atom. The summed E-state index contributed by atoms with van der Waals surface area (Å²) in [6.45, 7) is 2.49. The van der Waals surface area contributed by atoms with Gasteiger partial charge in [0, 0.05) is 20.0 Å². The van der Waals surface area contributed by atoms with Gasteiger partial charge in [-0.3, -0.25) is 24.2 Å². The molecule has 2 heterocycles. The summed E-state index contributed by atoms with van der Waals surface area (Å²) in [5.74, 6) is -2.30. The molecule has 0 unspecified atom stereocenters. The van der Waals surface area contributed by atoms with Gasteiger partial charge < -0.3 is 19.1 Å². The van der Waals surface area contributed by atoms with E-state index in [-0.39, 0.29) is 36.5 Å². The third-order valence-electron chi connectivity index (χ3n) is 7.00. The van der Waals surface area contributed by atoms with Gasteiger partial charge in [-0.25, -0.2) is 9.18 Å². The molecule has 11 heteroatoms. The summed E-state index contributed by atoms with van der Waals surface area (Å²) in [6, 6.07) is 19.8. The maximum absolute atomic E-state index is 15.4. The molecule has 0 N–H and O–H groups in total. The fraction of sp³-hybridized carbons (Fsp3) is 0.290. The third-order valence-corrected chi connectivity index (χ3v) is 7.00. The van der Waals surface area contributed by atoms with E-state index in [1.807, 2.05) is 11.0 Å². The Morgan fingerprint density at radius 3 is 2.21 bits per heavy atom. The van der Waals surface area contributed by atoms with Crippen molar-refractivity contribution in [3.8, 4) is 0 Å². The molecule has 2 aliphatic heterocycles. The fourth-order valence-electron chi connectivity index (χ4n) is 4.99. The van der Waals surface area contributed by atoms with Crippen molar-refractivity contribution in [2.24, 2.45) is 0 Å². The van der Waals surface area contributed by atoms with Crippen molar-refractivity contribution in [2.45, 2.75) is 19.6 Å². The zero-order chi connectivity index (χ0) is 29.6. The lowest BCUT2D eigenvalue weighted by atomic mass is 10.1. The van der Waals surface area contributed by atoms with E-state index in [1.165, 1.54) is 13.0 Å². The zero-order valence-corrected chi connectivity index (χ0v) is 23.0. The van der Waals surface area contributed by atoms with Gasteiger partial charge in [-0.1, -0.05) is 42.5 Å². The van der Waals surface area contributed by atoms with Crippen LogP contribution in [0.2, 0.25) is 0 Å². The number of anilines is 2. The summed E-state index contributed by atoms with van der Waals surface area (Å²) in [4.78, 5) is 55.5. The molecule has 0 saturated carbocycles. The van der Waals surface area contributed by atoms with E-state index in [2.05, 4.69) is 0 Å². The molecule has 3 amide bonds. The number of halogens is 1. The van der Waals surface area contributed by atoms with Crippen LogP contribution in [0.15, 0.2) is 72.8 Å². The Morgan fingerprint density at radius 2 is 1.60 bits per heavy atom. The van der Waals surface area contributed by atoms with Gasteiger partial charge in [0.2, 0.25) is 0 Å². The summed E-state index contributed by atoms with van der Waals surface area (Å²) in [5.41, 5.74) is 1.74. The second-order valence-electron chi connectivity index (χ2n) is 9.88. The van der Waals surface area contributed by atoms with Gasteiger partial charge in [-0.2, -0.15) is 0 Å². The number of hydrogen-bond acceptors (Lipinski definition) is 8. The van der Waals surface area contributed by atoms with Crippen molar-refractivity contribution >= 4 is 35.3 Å². The highest BCUT2D eigenvalue weighted by atomic mass is 19.1. The van der Waals surface area contributed by atoms with E-state index < -0.39 is 35.8 Å². The van der Waals surface area contributed by atoms with Crippen LogP contribution in [0.1, 0.15) is 33.2 Å². The molecule has 0 bridgehead atoms. The Bertz CT molecular complexity index is 1440. The van der Waals surface area contributed by atoms with Crippen LogP contribution in [0, 0.1) is 5.82 Å². The van der Waals surface area contributed by atoms with Gasteiger partial charge in [0.25, 0.3) is 11.8 Å². The predicted octanol–water partition coefficient (Wildman–Crippen LogP) is 4.03. The number of hydrogen-bond donors (Lipinski definition) is 0. The van der Waals surface area contributed by atoms with Gasteiger partial charge in [0.1, 0.15) is 18.5 Å². The van der Waals surface area contributed by atoms with Gasteiger partial charge in [-0.15, -0.1) is 0 Å². The van der Waals surface area contributed by atoms with E-state index >= 15 is 4.39 Å². The monoisotopic (exact) mass is 575 g/mol. The first-order chi connectivity index (χ1) is 20.3. The quantitative estimate of drug-likeness (QED) is 0.278. The topological polar surface area (TPSA) is 106 Å². The molecular weight excluding hydrogens is 545 g/mol. The average Bonchev–Trinajstić information content (AvgIpc) is 3.24. The smallest absolute Gasteiger partial charge is 0.414 e. The number of amides is 3. The molecule has 218 valence electrons. The summed E-state index contributed by atoms with van der Waals surface area (Å²) >= 11 is 0. The molecule has 0 aromatic heterocycles. The average molecular weight is 576 g/mol. The van der Waals surface area contributed by atoms with Gasteiger partial charge >= 0.3 is 12.1 Å². The largest absolute Gasteiger partial charge is 0.459 e. The minimum Gasteiger partial charge on any atom is -0.459 e. The molecule has 42 heavy (non-hydrogen) atoms. The molecule has 1 atom stereocenters. The van der Waals surface area contributed by atoms with Crippen LogP contribution in [-0.4, -0.2) is 74.3 Å². The van der Waals surface area contributed by atoms with E-state index in [9.17, 15) is 19.2 Å². The zero-order valence-electron chi connectivity index (χ0n) is 23.0. The highest BCUT2D eigenvalue weighted by molar-refractivity contribution is 6.21. The Labute approximate surface area is 242 Å². The first-order valence-corrected chi connectivity index (χ1v) is 13.5. The maximum atomic E-state index is 15.4. The van der Waals surface area contributed by atoms with Crippen LogP contribution >= 0.6 is 0 Å². The number of morpholine rings is 1. The number of esters is 1. The van der Waals surface area contributed by atoms with Crippen molar-refractivity contribution in [1.29, 1.82) is 0 Å². The highest BCUT2D eigenvalue weighted by Crippen LogP contribution is 2.28. The molecule has 1 saturated heterocycles. The van der Waals surface area contributed by atoms with Crippen molar-refractivity contribution < 1.29 is 37.8 Å². The molecule has 3 aromatic rings. The van der Waals surface area contributed by atoms with Crippen LogP contribution in [-0.2, 0) is 25.6 Å². The minimum atomic E-state index is -1.13. The second-order valence-corrected chi connectivity index (χ2v) is 9.88. The first kappa shape index (κ1) is 28.7. The lowest BCUT2D eigenvalue weighted by molar-refractivity contribution is -0.146. The summed E-state index contributed by atoms with van der Waals surface area (Å²) in [7, 11) is 0. The van der Waals surface area contributed by atoms with Gasteiger partial charge in [-0.05, 0) is 35.9 Å². The normalized spacial score (nSPS) is 15.3. The molecular formula is C31H30FN3O7. The lowest BCUT2D eigenvalue weighted by Gasteiger charge is -2.31. The maximum Gasteiger partial charge on any atom is 0.414 e. The van der Waals surface area contributed by atoms with Crippen molar-refractivity contribution in [1.82, 2.24) is 4.90 Å². The molecule has 5 rings (SSSR count). The number of fused-ring (bicyclic) bond motifs is 1. The molecule has 0 radical (unpaired) electrons. The minimum absolute atomic E-state index is 0.0544. The van der Waals surface area contributed by atoms with Crippen molar-refractivity contribution in [2.75, 3.05) is 49.2 Å². The van der Waals surface area contributed by atoms with Crippen molar-refractivity contribution in [3.63, 3.8) is 0 Å². The Hall–Kier alpha value is -4.77. The standard InChI is InChI=1S/C31H30FN3O7/c1-21(36)42-24(19-35-29(37)25-9-5-6-10-26(25)30(35)38)18-34(31(39)41-20-22-7-3-2-4-8-22)23-11-12-28(27(32)17-23)33-13-15-40-16-14-33/h2-12,17,24H,13-16,18-20H2,1H3/t24-/m0/s1. The summed E-state index contributed by atoms with van der Waals surface area (Å²) in [6.07, 6.45) is -1.95. The first-order valence-electron chi connectivity index (χ1n) is 13.5. The summed E-state index contributed by atoms with van der Waals surface area (Å²) in [5, 5.41) is 0. The van der Waals surface area contributed by atoms with Crippen LogP contribution in [0.4, 0.5) is 20.6 Å². The van der Waals surface area contributed by atoms with E-state index in [1.54, 1.807) is 60.7 Å². The Kier molecular flexibility index (Phi) is 8.77. The molecule has 2 aliphatic rings. The summed E-state index contributed by atoms with van der Waals surface area (Å²) < 4.78 is 31.8. The van der Waals surface area contributed by atoms with Crippen LogP contribution in [0.5, 0.6) is 0 Å². The van der Waals surface area contributed by atoms with Crippen molar-refractivity contribution in [3.05, 3.63) is 95.3 Å². The number of carbonyl (C=O) groups excluding carboxylic acids is 4.